The molecule has 0 saturated carbocycles. The van der Waals surface area contributed by atoms with Crippen molar-refractivity contribution in [3.63, 3.8) is 0 Å². The predicted molar refractivity (Wildman–Crippen MR) is 109 cm³/mol. The predicted octanol–water partition coefficient (Wildman–Crippen LogP) is 4.53. The molecule has 148 valence electrons. The first-order valence-corrected chi connectivity index (χ1v) is 12.7. The van der Waals surface area contributed by atoms with Gasteiger partial charge in [-0.2, -0.15) is 0 Å². The molecule has 28 heavy (non-hydrogen) atoms. The normalized spacial score (nSPS) is 11.6. The highest BCUT2D eigenvalue weighted by Crippen LogP contribution is 2.34. The summed E-state index contributed by atoms with van der Waals surface area (Å²) in [6, 6.07) is 7.71. The topological polar surface area (TPSA) is 66.4 Å². The molecule has 0 atom stereocenters. The molecule has 0 N–H and O–H groups in total. The van der Waals surface area contributed by atoms with Crippen molar-refractivity contribution in [2.24, 2.45) is 0 Å². The van der Waals surface area contributed by atoms with Gasteiger partial charge in [-0.3, -0.25) is 4.98 Å². The number of benzene rings is 1. The SMILES string of the molecule is COc1cc(-c2ccc(F)cn2)cc2c(OCOCC[Si](C)(C)C)ncnc12. The summed E-state index contributed by atoms with van der Waals surface area (Å²) in [5.41, 5.74) is 1.99. The molecule has 3 rings (SSSR count). The van der Waals surface area contributed by atoms with Crippen LogP contribution in [0.2, 0.25) is 25.7 Å². The van der Waals surface area contributed by atoms with Crippen molar-refractivity contribution in [3.05, 3.63) is 42.6 Å². The standard InChI is InChI=1S/C20H24FN3O3Si/c1-25-18-10-14(17-6-5-15(21)11-22-17)9-16-19(18)23-12-24-20(16)27-13-26-7-8-28(2,3)4/h5-6,9-12H,7-8,13H2,1-4H3. The van der Waals surface area contributed by atoms with E-state index in [1.54, 1.807) is 13.2 Å². The van der Waals surface area contributed by atoms with Crippen LogP contribution in [0.25, 0.3) is 22.2 Å². The molecule has 2 aromatic heterocycles. The Morgan fingerprint density at radius 2 is 1.89 bits per heavy atom. The van der Waals surface area contributed by atoms with Gasteiger partial charge >= 0.3 is 0 Å². The molecule has 3 aromatic rings. The maximum absolute atomic E-state index is 13.2. The first-order valence-electron chi connectivity index (χ1n) is 9.02. The maximum atomic E-state index is 13.2. The van der Waals surface area contributed by atoms with Crippen LogP contribution in [0.1, 0.15) is 0 Å². The van der Waals surface area contributed by atoms with E-state index < -0.39 is 8.07 Å². The number of pyridine rings is 1. The summed E-state index contributed by atoms with van der Waals surface area (Å²) >= 11 is 0. The maximum Gasteiger partial charge on any atom is 0.226 e. The summed E-state index contributed by atoms with van der Waals surface area (Å²) in [7, 11) is 0.420. The van der Waals surface area contributed by atoms with Crippen LogP contribution in [-0.2, 0) is 4.74 Å². The van der Waals surface area contributed by atoms with E-state index in [1.165, 1.54) is 18.6 Å². The third-order valence-corrected chi connectivity index (χ3v) is 5.89. The van der Waals surface area contributed by atoms with Gasteiger partial charge in [-0.1, -0.05) is 19.6 Å². The molecule has 0 spiro atoms. The van der Waals surface area contributed by atoms with Crippen LogP contribution < -0.4 is 9.47 Å². The van der Waals surface area contributed by atoms with E-state index in [1.807, 2.05) is 12.1 Å². The second-order valence-electron chi connectivity index (χ2n) is 7.60. The molecule has 2 heterocycles. The van der Waals surface area contributed by atoms with Gasteiger partial charge in [-0.05, 0) is 30.3 Å². The van der Waals surface area contributed by atoms with Crippen molar-refractivity contribution in [1.29, 1.82) is 0 Å². The van der Waals surface area contributed by atoms with Crippen molar-refractivity contribution in [2.45, 2.75) is 25.7 Å². The summed E-state index contributed by atoms with van der Waals surface area (Å²) in [6.45, 7) is 7.66. The Labute approximate surface area is 164 Å². The fraction of sp³-hybridized carbons (Fsp3) is 0.350. The van der Waals surface area contributed by atoms with Crippen LogP contribution in [0.3, 0.4) is 0 Å². The Morgan fingerprint density at radius 3 is 2.57 bits per heavy atom. The highest BCUT2D eigenvalue weighted by atomic mass is 28.3. The Kier molecular flexibility index (Phi) is 6.20. The summed E-state index contributed by atoms with van der Waals surface area (Å²) in [6.07, 6.45) is 2.61. The zero-order chi connectivity index (χ0) is 20.1. The summed E-state index contributed by atoms with van der Waals surface area (Å²) in [4.78, 5) is 12.7. The molecule has 8 heteroatoms. The van der Waals surface area contributed by atoms with E-state index in [0.717, 1.165) is 11.6 Å². The third-order valence-electron chi connectivity index (χ3n) is 4.19. The van der Waals surface area contributed by atoms with E-state index in [4.69, 9.17) is 14.2 Å². The Balaban J connectivity index is 1.86. The van der Waals surface area contributed by atoms with Gasteiger partial charge < -0.3 is 14.2 Å². The quantitative estimate of drug-likeness (QED) is 0.314. The molecule has 0 saturated heterocycles. The smallest absolute Gasteiger partial charge is 0.226 e. The lowest BCUT2D eigenvalue weighted by molar-refractivity contribution is 0.0203. The van der Waals surface area contributed by atoms with E-state index in [9.17, 15) is 4.39 Å². The average Bonchev–Trinajstić information content (AvgIpc) is 2.66. The van der Waals surface area contributed by atoms with Gasteiger partial charge in [0.25, 0.3) is 0 Å². The van der Waals surface area contributed by atoms with E-state index in [0.29, 0.717) is 34.8 Å². The lowest BCUT2D eigenvalue weighted by atomic mass is 10.1. The molecular weight excluding hydrogens is 377 g/mol. The number of ether oxygens (including phenoxy) is 3. The summed E-state index contributed by atoms with van der Waals surface area (Å²) < 4.78 is 30.0. The van der Waals surface area contributed by atoms with Gasteiger partial charge in [0.1, 0.15) is 23.4 Å². The number of fused-ring (bicyclic) bond motifs is 1. The molecular formula is C20H24FN3O3Si. The van der Waals surface area contributed by atoms with Gasteiger partial charge in [-0.25, -0.2) is 14.4 Å². The molecule has 1 aromatic carbocycles. The lowest BCUT2D eigenvalue weighted by Crippen LogP contribution is -2.22. The van der Waals surface area contributed by atoms with Crippen LogP contribution in [0.4, 0.5) is 4.39 Å². The minimum absolute atomic E-state index is 0.109. The molecule has 0 aliphatic heterocycles. The number of aromatic nitrogens is 3. The van der Waals surface area contributed by atoms with E-state index in [-0.39, 0.29) is 12.6 Å². The van der Waals surface area contributed by atoms with Gasteiger partial charge in [0.15, 0.2) is 6.79 Å². The van der Waals surface area contributed by atoms with Crippen molar-refractivity contribution in [3.8, 4) is 22.9 Å². The number of nitrogens with zero attached hydrogens (tertiary/aromatic N) is 3. The van der Waals surface area contributed by atoms with Crippen LogP contribution in [0.15, 0.2) is 36.8 Å². The van der Waals surface area contributed by atoms with Gasteiger partial charge in [0.05, 0.1) is 24.4 Å². The minimum Gasteiger partial charge on any atom is -0.494 e. The van der Waals surface area contributed by atoms with Crippen LogP contribution in [0, 0.1) is 5.82 Å². The number of halogens is 1. The molecule has 0 fully saturated rings. The summed E-state index contributed by atoms with van der Waals surface area (Å²) in [5, 5.41) is 0.678. The molecule has 0 radical (unpaired) electrons. The zero-order valence-electron chi connectivity index (χ0n) is 16.5. The molecule has 0 amide bonds. The number of hydrogen-bond acceptors (Lipinski definition) is 6. The lowest BCUT2D eigenvalue weighted by Gasteiger charge is -2.16. The summed E-state index contributed by atoms with van der Waals surface area (Å²) in [5.74, 6) is 0.574. The van der Waals surface area contributed by atoms with Gasteiger partial charge in [-0.15, -0.1) is 0 Å². The van der Waals surface area contributed by atoms with Crippen LogP contribution >= 0.6 is 0 Å². The van der Waals surface area contributed by atoms with Crippen molar-refractivity contribution in [2.75, 3.05) is 20.5 Å². The zero-order valence-corrected chi connectivity index (χ0v) is 17.5. The Morgan fingerprint density at radius 1 is 1.07 bits per heavy atom. The van der Waals surface area contributed by atoms with E-state index >= 15 is 0 Å². The highest BCUT2D eigenvalue weighted by molar-refractivity contribution is 6.76. The van der Waals surface area contributed by atoms with Crippen LogP contribution in [0.5, 0.6) is 11.6 Å². The fourth-order valence-electron chi connectivity index (χ4n) is 2.61. The molecule has 0 aliphatic carbocycles. The average molecular weight is 402 g/mol. The molecule has 0 bridgehead atoms. The number of hydrogen-bond donors (Lipinski definition) is 0. The molecule has 0 unspecified atom stereocenters. The fourth-order valence-corrected chi connectivity index (χ4v) is 3.37. The first-order chi connectivity index (χ1) is 13.4. The van der Waals surface area contributed by atoms with Crippen molar-refractivity contribution < 1.29 is 18.6 Å². The monoisotopic (exact) mass is 401 g/mol. The van der Waals surface area contributed by atoms with Crippen molar-refractivity contribution in [1.82, 2.24) is 15.0 Å². The van der Waals surface area contributed by atoms with Crippen LogP contribution in [-0.4, -0.2) is 43.5 Å². The third kappa shape index (κ3) is 5.02. The second kappa shape index (κ2) is 8.62. The largest absolute Gasteiger partial charge is 0.494 e. The Hall–Kier alpha value is -2.58. The van der Waals surface area contributed by atoms with Gasteiger partial charge in [0.2, 0.25) is 5.88 Å². The second-order valence-corrected chi connectivity index (χ2v) is 13.2. The number of methoxy groups -OCH3 is 1. The number of rotatable bonds is 8. The molecule has 6 nitrogen and oxygen atoms in total. The Bertz CT molecular complexity index is 946. The minimum atomic E-state index is -1.15. The van der Waals surface area contributed by atoms with Gasteiger partial charge in [0, 0.05) is 20.2 Å². The first kappa shape index (κ1) is 20.2. The molecule has 0 aliphatic rings. The van der Waals surface area contributed by atoms with E-state index in [2.05, 4.69) is 34.6 Å². The van der Waals surface area contributed by atoms with Crippen molar-refractivity contribution >= 4 is 19.0 Å². The highest BCUT2D eigenvalue weighted by Gasteiger charge is 2.15.